The fourth-order valence-electron chi connectivity index (χ4n) is 1.70. The monoisotopic (exact) mass is 322 g/mol. The topological polar surface area (TPSA) is 77.4 Å². The number of benzene rings is 1. The molecule has 0 radical (unpaired) electrons. The molecule has 0 saturated carbocycles. The van der Waals surface area contributed by atoms with Crippen LogP contribution >= 0.6 is 0 Å². The Labute approximate surface area is 129 Å². The number of nitrogens with one attached hydrogen (secondary N) is 1. The largest absolute Gasteiger partial charge is 0.454 e. The number of carbonyl (C=O) groups is 2. The van der Waals surface area contributed by atoms with E-state index in [0.29, 0.717) is 6.07 Å². The van der Waals surface area contributed by atoms with Gasteiger partial charge in [0.25, 0.3) is 11.5 Å². The van der Waals surface area contributed by atoms with Crippen LogP contribution in [0.2, 0.25) is 0 Å². The quantitative estimate of drug-likeness (QED) is 0.842. The summed E-state index contributed by atoms with van der Waals surface area (Å²) in [4.78, 5) is 34.5. The summed E-state index contributed by atoms with van der Waals surface area (Å²) in [5.74, 6) is -3.31. The van der Waals surface area contributed by atoms with E-state index in [2.05, 4.69) is 5.32 Å². The molecule has 8 heteroatoms. The van der Waals surface area contributed by atoms with E-state index in [1.54, 1.807) is 6.07 Å². The molecule has 2 rings (SSSR count). The second-order valence-electron chi connectivity index (χ2n) is 4.50. The molecule has 0 aliphatic heterocycles. The molecule has 1 N–H and O–H groups in total. The Morgan fingerprint density at radius 2 is 1.96 bits per heavy atom. The van der Waals surface area contributed by atoms with E-state index in [0.717, 1.165) is 16.7 Å². The molecule has 0 saturated heterocycles. The highest BCUT2D eigenvalue weighted by Gasteiger charge is 2.11. The number of amides is 1. The van der Waals surface area contributed by atoms with Gasteiger partial charge in [0.05, 0.1) is 5.69 Å². The average Bonchev–Trinajstić information content (AvgIpc) is 2.50. The summed E-state index contributed by atoms with van der Waals surface area (Å²) in [5.41, 5.74) is -0.617. The Morgan fingerprint density at radius 1 is 1.17 bits per heavy atom. The van der Waals surface area contributed by atoms with Gasteiger partial charge in [0.1, 0.15) is 18.2 Å². The van der Waals surface area contributed by atoms with Gasteiger partial charge in [-0.1, -0.05) is 6.07 Å². The van der Waals surface area contributed by atoms with Crippen LogP contribution in [-0.2, 0) is 20.9 Å². The number of esters is 1. The van der Waals surface area contributed by atoms with Gasteiger partial charge in [-0.25, -0.2) is 8.78 Å². The van der Waals surface area contributed by atoms with E-state index in [1.807, 2.05) is 0 Å². The summed E-state index contributed by atoms with van der Waals surface area (Å²) in [6.07, 6.45) is 1.40. The molecule has 6 nitrogen and oxygen atoms in total. The molecular formula is C15H12F2N2O4. The normalized spacial score (nSPS) is 10.2. The molecule has 0 aliphatic carbocycles. The van der Waals surface area contributed by atoms with Gasteiger partial charge in [0.2, 0.25) is 0 Å². The van der Waals surface area contributed by atoms with Crippen molar-refractivity contribution in [1.82, 2.24) is 4.57 Å². The molecule has 0 fully saturated rings. The maximum absolute atomic E-state index is 13.3. The van der Waals surface area contributed by atoms with Crippen molar-refractivity contribution in [1.29, 1.82) is 0 Å². The number of hydrogen-bond donors (Lipinski definition) is 1. The van der Waals surface area contributed by atoms with Crippen LogP contribution in [0.15, 0.2) is 47.4 Å². The molecular weight excluding hydrogens is 310 g/mol. The predicted molar refractivity (Wildman–Crippen MR) is 76.6 cm³/mol. The minimum Gasteiger partial charge on any atom is -0.454 e. The lowest BCUT2D eigenvalue weighted by Gasteiger charge is -2.08. The lowest BCUT2D eigenvalue weighted by molar-refractivity contribution is -0.147. The predicted octanol–water partition coefficient (Wildman–Crippen LogP) is 1.31. The lowest BCUT2D eigenvalue weighted by atomic mass is 10.3. The third-order valence-corrected chi connectivity index (χ3v) is 2.77. The average molecular weight is 322 g/mol. The van der Waals surface area contributed by atoms with Crippen molar-refractivity contribution >= 4 is 17.6 Å². The van der Waals surface area contributed by atoms with Crippen LogP contribution in [0.25, 0.3) is 0 Å². The zero-order valence-corrected chi connectivity index (χ0v) is 11.8. The number of ether oxygens (including phenoxy) is 1. The molecule has 0 spiro atoms. The smallest absolute Gasteiger partial charge is 0.326 e. The minimum atomic E-state index is -0.944. The van der Waals surface area contributed by atoms with Crippen LogP contribution in [0, 0.1) is 11.6 Å². The SMILES string of the molecule is O=C(COC(=O)Cn1ccccc1=O)Nc1ccc(F)cc1F. The molecule has 0 atom stereocenters. The van der Waals surface area contributed by atoms with Gasteiger partial charge < -0.3 is 14.6 Å². The van der Waals surface area contributed by atoms with Gasteiger partial charge >= 0.3 is 5.97 Å². The number of hydrogen-bond acceptors (Lipinski definition) is 4. The van der Waals surface area contributed by atoms with Crippen LogP contribution in [0.3, 0.4) is 0 Å². The first-order chi connectivity index (χ1) is 11.0. The Hall–Kier alpha value is -3.03. The number of anilines is 1. The van der Waals surface area contributed by atoms with Crippen molar-refractivity contribution in [3.63, 3.8) is 0 Å². The first-order valence-electron chi connectivity index (χ1n) is 6.51. The number of rotatable bonds is 5. The summed E-state index contributed by atoms with van der Waals surface area (Å²) in [5, 5.41) is 2.14. The highest BCUT2D eigenvalue weighted by atomic mass is 19.1. The maximum Gasteiger partial charge on any atom is 0.326 e. The van der Waals surface area contributed by atoms with Crippen molar-refractivity contribution in [2.24, 2.45) is 0 Å². The number of aromatic nitrogens is 1. The van der Waals surface area contributed by atoms with Crippen molar-refractivity contribution in [3.05, 3.63) is 64.6 Å². The maximum atomic E-state index is 13.3. The molecule has 1 aromatic heterocycles. The van der Waals surface area contributed by atoms with E-state index >= 15 is 0 Å². The van der Waals surface area contributed by atoms with Crippen LogP contribution in [0.1, 0.15) is 0 Å². The highest BCUT2D eigenvalue weighted by Crippen LogP contribution is 2.14. The van der Waals surface area contributed by atoms with Crippen molar-refractivity contribution in [2.75, 3.05) is 11.9 Å². The molecule has 2 aromatic rings. The van der Waals surface area contributed by atoms with E-state index in [4.69, 9.17) is 4.74 Å². The van der Waals surface area contributed by atoms with Gasteiger partial charge in [0.15, 0.2) is 6.61 Å². The molecule has 1 amide bonds. The van der Waals surface area contributed by atoms with Gasteiger partial charge in [-0.2, -0.15) is 0 Å². The number of nitrogens with zero attached hydrogens (tertiary/aromatic N) is 1. The standard InChI is InChI=1S/C15H12F2N2O4/c16-10-4-5-12(11(17)7-10)18-13(20)9-23-15(22)8-19-6-2-1-3-14(19)21/h1-7H,8-9H2,(H,18,20). The van der Waals surface area contributed by atoms with Crippen molar-refractivity contribution in [3.8, 4) is 0 Å². The molecule has 23 heavy (non-hydrogen) atoms. The lowest BCUT2D eigenvalue weighted by Crippen LogP contribution is -2.27. The summed E-state index contributed by atoms with van der Waals surface area (Å²) in [6.45, 7) is -1.00. The van der Waals surface area contributed by atoms with E-state index in [-0.39, 0.29) is 17.8 Å². The van der Waals surface area contributed by atoms with Gasteiger partial charge in [-0.05, 0) is 18.2 Å². The van der Waals surface area contributed by atoms with Gasteiger partial charge in [0, 0.05) is 18.3 Å². The van der Waals surface area contributed by atoms with E-state index in [9.17, 15) is 23.2 Å². The summed E-state index contributed by atoms with van der Waals surface area (Å²) >= 11 is 0. The van der Waals surface area contributed by atoms with Gasteiger partial charge in [-0.3, -0.25) is 14.4 Å². The van der Waals surface area contributed by atoms with Crippen LogP contribution in [0.4, 0.5) is 14.5 Å². The summed E-state index contributed by atoms with van der Waals surface area (Å²) in [7, 11) is 0. The third kappa shape index (κ3) is 4.73. The molecule has 1 heterocycles. The Morgan fingerprint density at radius 3 is 2.65 bits per heavy atom. The third-order valence-electron chi connectivity index (χ3n) is 2.77. The van der Waals surface area contributed by atoms with Crippen molar-refractivity contribution in [2.45, 2.75) is 6.54 Å². The number of halogens is 2. The van der Waals surface area contributed by atoms with E-state index < -0.39 is 30.1 Å². The fraction of sp³-hybridized carbons (Fsp3) is 0.133. The summed E-state index contributed by atoms with van der Waals surface area (Å²) < 4.78 is 31.9. The first-order valence-corrected chi connectivity index (χ1v) is 6.51. The highest BCUT2D eigenvalue weighted by molar-refractivity contribution is 5.92. The Kier molecular flexibility index (Phi) is 5.19. The Bertz CT molecular complexity index is 789. The molecule has 1 aromatic carbocycles. The second-order valence-corrected chi connectivity index (χ2v) is 4.50. The number of pyridine rings is 1. The molecule has 120 valence electrons. The molecule has 0 bridgehead atoms. The molecule has 0 unspecified atom stereocenters. The van der Waals surface area contributed by atoms with Crippen LogP contribution in [0.5, 0.6) is 0 Å². The van der Waals surface area contributed by atoms with E-state index in [1.165, 1.54) is 18.3 Å². The fourth-order valence-corrected chi connectivity index (χ4v) is 1.70. The summed E-state index contributed by atoms with van der Waals surface area (Å²) in [6, 6.07) is 7.01. The zero-order chi connectivity index (χ0) is 16.8. The Balaban J connectivity index is 1.85. The second kappa shape index (κ2) is 7.30. The molecule has 0 aliphatic rings. The minimum absolute atomic E-state index is 0.230. The van der Waals surface area contributed by atoms with Crippen LogP contribution in [-0.4, -0.2) is 23.1 Å². The van der Waals surface area contributed by atoms with Crippen LogP contribution < -0.4 is 10.9 Å². The van der Waals surface area contributed by atoms with Crippen molar-refractivity contribution < 1.29 is 23.1 Å². The first kappa shape index (κ1) is 16.3. The number of carbonyl (C=O) groups excluding carboxylic acids is 2. The zero-order valence-electron chi connectivity index (χ0n) is 11.8. The van der Waals surface area contributed by atoms with Gasteiger partial charge in [-0.15, -0.1) is 0 Å².